The van der Waals surface area contributed by atoms with Crippen molar-refractivity contribution in [2.75, 3.05) is 32.7 Å². The van der Waals surface area contributed by atoms with Crippen molar-refractivity contribution in [1.29, 1.82) is 0 Å². The molecule has 3 amide bonds. The van der Waals surface area contributed by atoms with Gasteiger partial charge in [-0.15, -0.1) is 0 Å². The number of imide groups is 1. The zero-order chi connectivity index (χ0) is 20.1. The second kappa shape index (κ2) is 9.02. The molecule has 0 radical (unpaired) electrons. The predicted molar refractivity (Wildman–Crippen MR) is 104 cm³/mol. The van der Waals surface area contributed by atoms with E-state index in [4.69, 9.17) is 0 Å². The van der Waals surface area contributed by atoms with E-state index >= 15 is 0 Å². The number of quaternary nitrogens is 1. The third kappa shape index (κ3) is 5.30. The van der Waals surface area contributed by atoms with Gasteiger partial charge < -0.3 is 10.2 Å². The summed E-state index contributed by atoms with van der Waals surface area (Å²) in [4.78, 5) is 25.2. The molecule has 1 aliphatic heterocycles. The summed E-state index contributed by atoms with van der Waals surface area (Å²) in [6.45, 7) is 3.85. The summed E-state index contributed by atoms with van der Waals surface area (Å²) in [7, 11) is -3.51. The maximum absolute atomic E-state index is 12.7. The fourth-order valence-electron chi connectivity index (χ4n) is 3.77. The van der Waals surface area contributed by atoms with Gasteiger partial charge in [0.25, 0.3) is 5.91 Å². The lowest BCUT2D eigenvalue weighted by atomic mass is 10.2. The van der Waals surface area contributed by atoms with Crippen LogP contribution in [0.25, 0.3) is 0 Å². The van der Waals surface area contributed by atoms with Crippen molar-refractivity contribution in [2.24, 2.45) is 0 Å². The van der Waals surface area contributed by atoms with Crippen LogP contribution in [0.3, 0.4) is 0 Å². The molecule has 28 heavy (non-hydrogen) atoms. The smallest absolute Gasteiger partial charge is 0.321 e. The summed E-state index contributed by atoms with van der Waals surface area (Å²) < 4.78 is 26.9. The van der Waals surface area contributed by atoms with Gasteiger partial charge in [0, 0.05) is 6.04 Å². The number of benzene rings is 1. The summed E-state index contributed by atoms with van der Waals surface area (Å²) in [5.74, 6) is -0.333. The normalized spacial score (nSPS) is 19.5. The Morgan fingerprint density at radius 1 is 1.11 bits per heavy atom. The van der Waals surface area contributed by atoms with Gasteiger partial charge in [-0.2, -0.15) is 4.31 Å². The highest BCUT2D eigenvalue weighted by molar-refractivity contribution is 7.89. The molecule has 3 rings (SSSR count). The quantitative estimate of drug-likeness (QED) is 0.619. The minimum Gasteiger partial charge on any atom is -0.335 e. The van der Waals surface area contributed by atoms with Gasteiger partial charge in [0.2, 0.25) is 10.0 Å². The summed E-state index contributed by atoms with van der Waals surface area (Å²) in [5.41, 5.74) is 1.01. The third-order valence-electron chi connectivity index (χ3n) is 5.44. The molecule has 3 N–H and O–H groups in total. The highest BCUT2D eigenvalue weighted by atomic mass is 32.2. The van der Waals surface area contributed by atoms with Gasteiger partial charge in [-0.25, -0.2) is 13.2 Å². The van der Waals surface area contributed by atoms with Crippen LogP contribution in [-0.2, 0) is 14.8 Å². The van der Waals surface area contributed by atoms with Gasteiger partial charge >= 0.3 is 6.03 Å². The first-order valence-corrected chi connectivity index (χ1v) is 11.3. The molecular formula is C19H29N4O4S+. The molecule has 8 nitrogen and oxygen atoms in total. The number of nitrogens with zero attached hydrogens (tertiary/aromatic N) is 1. The number of piperazine rings is 1. The summed E-state index contributed by atoms with van der Waals surface area (Å²) in [5, 5.41) is 5.21. The Labute approximate surface area is 166 Å². The van der Waals surface area contributed by atoms with E-state index in [1.807, 2.05) is 6.92 Å². The van der Waals surface area contributed by atoms with Crippen LogP contribution in [0.1, 0.15) is 31.2 Å². The monoisotopic (exact) mass is 409 g/mol. The second-order valence-electron chi connectivity index (χ2n) is 7.65. The number of rotatable bonds is 5. The first kappa shape index (κ1) is 20.8. The molecule has 2 fully saturated rings. The number of hydrogen-bond acceptors (Lipinski definition) is 4. The Balaban J connectivity index is 1.45. The maximum atomic E-state index is 12.7. The van der Waals surface area contributed by atoms with Crippen LogP contribution < -0.4 is 15.5 Å². The number of hydrogen-bond donors (Lipinski definition) is 3. The number of nitrogens with one attached hydrogen (secondary N) is 3. The minimum absolute atomic E-state index is 0.163. The average molecular weight is 410 g/mol. The topological polar surface area (TPSA) is 100 Å². The molecule has 2 aliphatic rings. The number of urea groups is 1. The molecule has 1 aliphatic carbocycles. The maximum Gasteiger partial charge on any atom is 0.321 e. The molecule has 0 aromatic heterocycles. The van der Waals surface area contributed by atoms with E-state index in [1.54, 1.807) is 24.3 Å². The van der Waals surface area contributed by atoms with E-state index in [1.165, 1.54) is 4.31 Å². The Bertz CT molecular complexity index is 796. The molecule has 0 spiro atoms. The largest absolute Gasteiger partial charge is 0.335 e. The predicted octanol–water partition coefficient (Wildman–Crippen LogP) is -0.347. The molecule has 1 heterocycles. The molecular weight excluding hydrogens is 380 g/mol. The van der Waals surface area contributed by atoms with Crippen molar-refractivity contribution < 1.29 is 22.9 Å². The SMILES string of the molecule is Cc1ccc(S(=O)(=O)N2CC[NH+](CC(=O)NC(=O)NC3CCCC3)CC2)cc1. The summed E-state index contributed by atoms with van der Waals surface area (Å²) in [6.07, 6.45) is 4.15. The van der Waals surface area contributed by atoms with E-state index in [0.717, 1.165) is 36.1 Å². The molecule has 1 saturated heterocycles. The van der Waals surface area contributed by atoms with E-state index in [9.17, 15) is 18.0 Å². The van der Waals surface area contributed by atoms with Crippen LogP contribution in [0.4, 0.5) is 4.79 Å². The molecule has 0 bridgehead atoms. The molecule has 1 saturated carbocycles. The molecule has 9 heteroatoms. The van der Waals surface area contributed by atoms with Crippen LogP contribution in [0.15, 0.2) is 29.2 Å². The zero-order valence-electron chi connectivity index (χ0n) is 16.2. The Hall–Kier alpha value is -1.97. The minimum atomic E-state index is -3.51. The van der Waals surface area contributed by atoms with Gasteiger partial charge in [-0.3, -0.25) is 10.1 Å². The van der Waals surface area contributed by atoms with Crippen LogP contribution in [0.2, 0.25) is 0 Å². The van der Waals surface area contributed by atoms with Crippen LogP contribution >= 0.6 is 0 Å². The van der Waals surface area contributed by atoms with Crippen LogP contribution in [0.5, 0.6) is 0 Å². The fourth-order valence-corrected chi connectivity index (χ4v) is 5.21. The van der Waals surface area contributed by atoms with Crippen molar-refractivity contribution in [1.82, 2.24) is 14.9 Å². The molecule has 1 aromatic rings. The number of sulfonamides is 1. The van der Waals surface area contributed by atoms with Crippen molar-refractivity contribution in [3.63, 3.8) is 0 Å². The Kier molecular flexibility index (Phi) is 6.69. The van der Waals surface area contributed by atoms with Crippen LogP contribution in [-0.4, -0.2) is 63.4 Å². The van der Waals surface area contributed by atoms with Gasteiger partial charge in [0.05, 0.1) is 31.1 Å². The van der Waals surface area contributed by atoms with E-state index in [2.05, 4.69) is 10.6 Å². The first-order chi connectivity index (χ1) is 13.3. The van der Waals surface area contributed by atoms with E-state index < -0.39 is 16.1 Å². The molecule has 154 valence electrons. The number of amides is 3. The van der Waals surface area contributed by atoms with E-state index in [0.29, 0.717) is 31.1 Å². The third-order valence-corrected chi connectivity index (χ3v) is 7.36. The van der Waals surface area contributed by atoms with Gasteiger partial charge in [-0.05, 0) is 31.9 Å². The lowest BCUT2D eigenvalue weighted by Gasteiger charge is -2.31. The lowest BCUT2D eigenvalue weighted by molar-refractivity contribution is -0.895. The Morgan fingerprint density at radius 3 is 2.32 bits per heavy atom. The zero-order valence-corrected chi connectivity index (χ0v) is 17.1. The molecule has 1 aromatic carbocycles. The summed E-state index contributed by atoms with van der Waals surface area (Å²) in [6, 6.07) is 6.55. The van der Waals surface area contributed by atoms with Crippen molar-refractivity contribution in [3.8, 4) is 0 Å². The van der Waals surface area contributed by atoms with Crippen LogP contribution in [0, 0.1) is 6.92 Å². The average Bonchev–Trinajstić information content (AvgIpc) is 3.15. The Morgan fingerprint density at radius 2 is 1.71 bits per heavy atom. The highest BCUT2D eigenvalue weighted by Crippen LogP contribution is 2.17. The standard InChI is InChI=1S/C19H28N4O4S/c1-15-6-8-17(9-7-15)28(26,27)23-12-10-22(11-13-23)14-18(24)21-19(25)20-16-4-2-3-5-16/h6-9,16H,2-5,10-14H2,1H3,(H2,20,21,24,25)/p+1. The van der Waals surface area contributed by atoms with Crippen molar-refractivity contribution in [3.05, 3.63) is 29.8 Å². The van der Waals surface area contributed by atoms with Gasteiger partial charge in [-0.1, -0.05) is 30.5 Å². The van der Waals surface area contributed by atoms with Crippen molar-refractivity contribution in [2.45, 2.75) is 43.5 Å². The lowest BCUT2D eigenvalue weighted by Crippen LogP contribution is -3.15. The highest BCUT2D eigenvalue weighted by Gasteiger charge is 2.31. The van der Waals surface area contributed by atoms with Gasteiger partial charge in [0.15, 0.2) is 6.54 Å². The second-order valence-corrected chi connectivity index (χ2v) is 9.58. The molecule has 0 unspecified atom stereocenters. The number of aryl methyl sites for hydroxylation is 1. The van der Waals surface area contributed by atoms with Gasteiger partial charge in [0.1, 0.15) is 0 Å². The number of carbonyl (C=O) groups excluding carboxylic acids is 2. The van der Waals surface area contributed by atoms with E-state index in [-0.39, 0.29) is 18.5 Å². The fraction of sp³-hybridized carbons (Fsp3) is 0.579. The first-order valence-electron chi connectivity index (χ1n) is 9.85. The van der Waals surface area contributed by atoms with Crippen molar-refractivity contribution >= 4 is 22.0 Å². The number of carbonyl (C=O) groups is 2. The molecule has 0 atom stereocenters. The summed E-state index contributed by atoms with van der Waals surface area (Å²) >= 11 is 0.